The van der Waals surface area contributed by atoms with Gasteiger partial charge in [0.25, 0.3) is 11.5 Å². The zero-order valence-corrected chi connectivity index (χ0v) is 17.8. The quantitative estimate of drug-likeness (QED) is 0.762. The second-order valence-corrected chi connectivity index (χ2v) is 8.89. The number of aromatic amines is 1. The van der Waals surface area contributed by atoms with Crippen LogP contribution in [0.25, 0.3) is 0 Å². The lowest BCUT2D eigenvalue weighted by atomic mass is 9.76. The number of benzene rings is 1. The van der Waals surface area contributed by atoms with Crippen molar-refractivity contribution in [2.75, 3.05) is 44.3 Å². The van der Waals surface area contributed by atoms with Gasteiger partial charge in [-0.3, -0.25) is 14.6 Å². The van der Waals surface area contributed by atoms with Gasteiger partial charge in [0.2, 0.25) is 5.95 Å². The molecule has 1 aromatic carbocycles. The Hall–Kier alpha value is -2.87. The molecule has 0 bridgehead atoms. The van der Waals surface area contributed by atoms with E-state index in [1.165, 1.54) is 0 Å². The number of aryl methyl sites for hydroxylation is 1. The highest BCUT2D eigenvalue weighted by atomic mass is 16.5. The third kappa shape index (κ3) is 3.48. The first kappa shape index (κ1) is 20.1. The first-order chi connectivity index (χ1) is 15.0. The molecule has 2 aromatic rings. The third-order valence-electron chi connectivity index (χ3n) is 7.12. The molecule has 0 unspecified atom stereocenters. The van der Waals surface area contributed by atoms with E-state index in [0.717, 1.165) is 55.6 Å². The largest absolute Gasteiger partial charge is 0.508 e. The van der Waals surface area contributed by atoms with Gasteiger partial charge in [0.1, 0.15) is 5.75 Å². The van der Waals surface area contributed by atoms with Crippen molar-refractivity contribution in [2.24, 2.45) is 0 Å². The fourth-order valence-electron chi connectivity index (χ4n) is 5.25. The Morgan fingerprint density at radius 3 is 2.61 bits per heavy atom. The molecule has 0 atom stereocenters. The van der Waals surface area contributed by atoms with Crippen LogP contribution >= 0.6 is 0 Å². The Kier molecular flexibility index (Phi) is 4.97. The van der Waals surface area contributed by atoms with E-state index in [-0.39, 0.29) is 22.6 Å². The number of piperidine rings is 1. The Morgan fingerprint density at radius 1 is 1.16 bits per heavy atom. The van der Waals surface area contributed by atoms with Gasteiger partial charge in [-0.05, 0) is 56.4 Å². The topological polar surface area (TPSA) is 98.8 Å². The molecule has 8 heteroatoms. The van der Waals surface area contributed by atoms with Crippen LogP contribution in [-0.2, 0) is 16.6 Å². The van der Waals surface area contributed by atoms with Gasteiger partial charge < -0.3 is 19.6 Å². The van der Waals surface area contributed by atoms with E-state index in [1.54, 1.807) is 18.2 Å². The molecule has 1 amide bonds. The summed E-state index contributed by atoms with van der Waals surface area (Å²) in [6.45, 7) is 5.85. The minimum Gasteiger partial charge on any atom is -0.508 e. The lowest BCUT2D eigenvalue weighted by Crippen LogP contribution is -2.45. The van der Waals surface area contributed by atoms with E-state index in [4.69, 9.17) is 9.72 Å². The first-order valence-corrected chi connectivity index (χ1v) is 11.0. The molecule has 31 heavy (non-hydrogen) atoms. The molecule has 2 N–H and O–H groups in total. The number of aromatic hydroxyl groups is 1. The van der Waals surface area contributed by atoms with Crippen molar-refractivity contribution in [3.8, 4) is 5.75 Å². The smallest absolute Gasteiger partial charge is 0.255 e. The van der Waals surface area contributed by atoms with Crippen LogP contribution in [0, 0.1) is 6.92 Å². The van der Waals surface area contributed by atoms with E-state index < -0.39 is 0 Å². The number of amides is 1. The molecule has 3 aliphatic rings. The molecule has 2 aliphatic heterocycles. The molecule has 8 nitrogen and oxygen atoms in total. The van der Waals surface area contributed by atoms with Crippen LogP contribution in [0.15, 0.2) is 23.0 Å². The summed E-state index contributed by atoms with van der Waals surface area (Å²) in [7, 11) is 0. The Labute approximate surface area is 180 Å². The summed E-state index contributed by atoms with van der Waals surface area (Å²) in [5, 5.41) is 9.63. The standard InChI is InChI=1S/C23H28N4O4/c1-15-14-16(28)2-3-17(15)21(30)26-8-6-23(7-9-26)5-4-18-19(23)24-22(25-20(18)29)27-10-12-31-13-11-27/h2-3,14,28H,4-13H2,1H3,(H,24,25,29). The number of likely N-dealkylation sites (tertiary alicyclic amines) is 1. The van der Waals surface area contributed by atoms with Gasteiger partial charge in [0, 0.05) is 42.7 Å². The molecule has 0 radical (unpaired) electrons. The molecule has 3 heterocycles. The fourth-order valence-corrected chi connectivity index (χ4v) is 5.25. The second-order valence-electron chi connectivity index (χ2n) is 8.89. The number of carbonyl (C=O) groups is 1. The van der Waals surface area contributed by atoms with E-state index in [2.05, 4.69) is 9.88 Å². The summed E-state index contributed by atoms with van der Waals surface area (Å²) in [5.74, 6) is 0.812. The maximum Gasteiger partial charge on any atom is 0.255 e. The third-order valence-corrected chi connectivity index (χ3v) is 7.12. The number of aromatic nitrogens is 2. The number of phenols is 1. The SMILES string of the molecule is Cc1cc(O)ccc1C(=O)N1CCC2(CCc3c2nc(N2CCOCC2)[nH]c3=O)CC1. The highest BCUT2D eigenvalue weighted by molar-refractivity contribution is 5.95. The molecule has 5 rings (SSSR count). The average molecular weight is 425 g/mol. The molecular formula is C23H28N4O4. The zero-order valence-electron chi connectivity index (χ0n) is 17.8. The number of fused-ring (bicyclic) bond motifs is 2. The van der Waals surface area contributed by atoms with Crippen LogP contribution < -0.4 is 10.5 Å². The highest BCUT2D eigenvalue weighted by Crippen LogP contribution is 2.44. The van der Waals surface area contributed by atoms with E-state index in [0.29, 0.717) is 37.8 Å². The second kappa shape index (κ2) is 7.67. The van der Waals surface area contributed by atoms with E-state index in [9.17, 15) is 14.7 Å². The first-order valence-electron chi connectivity index (χ1n) is 11.0. The van der Waals surface area contributed by atoms with Crippen LogP contribution in [0.3, 0.4) is 0 Å². The molecule has 2 saturated heterocycles. The predicted octanol–water partition coefficient (Wildman–Crippen LogP) is 1.74. The number of ether oxygens (including phenoxy) is 1. The lowest BCUT2D eigenvalue weighted by molar-refractivity contribution is 0.0662. The predicted molar refractivity (Wildman–Crippen MR) is 116 cm³/mol. The zero-order chi connectivity index (χ0) is 21.6. The molecular weight excluding hydrogens is 396 g/mol. The maximum absolute atomic E-state index is 13.1. The van der Waals surface area contributed by atoms with Gasteiger partial charge >= 0.3 is 0 Å². The van der Waals surface area contributed by atoms with Gasteiger partial charge in [-0.1, -0.05) is 0 Å². The molecule has 1 aliphatic carbocycles. The number of phenolic OH excluding ortho intramolecular Hbond substituents is 1. The number of nitrogens with zero attached hydrogens (tertiary/aromatic N) is 3. The molecule has 1 aromatic heterocycles. The van der Waals surface area contributed by atoms with Gasteiger partial charge in [-0.15, -0.1) is 0 Å². The summed E-state index contributed by atoms with van der Waals surface area (Å²) in [6.07, 6.45) is 3.26. The van der Waals surface area contributed by atoms with E-state index in [1.807, 2.05) is 11.8 Å². The van der Waals surface area contributed by atoms with Crippen molar-refractivity contribution in [1.29, 1.82) is 0 Å². The Balaban J connectivity index is 1.37. The molecule has 1 spiro atoms. The van der Waals surface area contributed by atoms with Gasteiger partial charge in [0.15, 0.2) is 0 Å². The van der Waals surface area contributed by atoms with Crippen LogP contribution in [-0.4, -0.2) is 65.3 Å². The average Bonchev–Trinajstić information content (AvgIpc) is 3.13. The lowest BCUT2D eigenvalue weighted by Gasteiger charge is -2.40. The monoisotopic (exact) mass is 424 g/mol. The van der Waals surface area contributed by atoms with Gasteiger partial charge in [-0.2, -0.15) is 0 Å². The van der Waals surface area contributed by atoms with Crippen molar-refractivity contribution < 1.29 is 14.6 Å². The number of hydrogen-bond donors (Lipinski definition) is 2. The number of H-pyrrole nitrogens is 1. The summed E-state index contributed by atoms with van der Waals surface area (Å²) >= 11 is 0. The number of nitrogens with one attached hydrogen (secondary N) is 1. The highest BCUT2D eigenvalue weighted by Gasteiger charge is 2.45. The number of anilines is 1. The van der Waals surface area contributed by atoms with Crippen LogP contribution in [0.1, 0.15) is 46.4 Å². The van der Waals surface area contributed by atoms with Crippen molar-refractivity contribution in [3.63, 3.8) is 0 Å². The van der Waals surface area contributed by atoms with Crippen molar-refractivity contribution in [1.82, 2.24) is 14.9 Å². The molecule has 164 valence electrons. The summed E-state index contributed by atoms with van der Waals surface area (Å²) in [5.41, 5.74) is 2.99. The maximum atomic E-state index is 13.1. The van der Waals surface area contributed by atoms with Crippen molar-refractivity contribution in [3.05, 3.63) is 50.9 Å². The minimum absolute atomic E-state index is 0.00144. The summed E-state index contributed by atoms with van der Waals surface area (Å²) in [4.78, 5) is 37.7. The number of morpholine rings is 1. The van der Waals surface area contributed by atoms with Crippen molar-refractivity contribution >= 4 is 11.9 Å². The van der Waals surface area contributed by atoms with Crippen molar-refractivity contribution in [2.45, 2.75) is 38.0 Å². The van der Waals surface area contributed by atoms with Gasteiger partial charge in [0.05, 0.1) is 18.9 Å². The summed E-state index contributed by atoms with van der Waals surface area (Å²) in [6, 6.07) is 4.87. The molecule has 2 fully saturated rings. The van der Waals surface area contributed by atoms with E-state index >= 15 is 0 Å². The van der Waals surface area contributed by atoms with Gasteiger partial charge in [-0.25, -0.2) is 4.98 Å². The normalized spacial score (nSPS) is 20.2. The number of carbonyl (C=O) groups excluding carboxylic acids is 1. The Morgan fingerprint density at radius 2 is 1.90 bits per heavy atom. The van der Waals surface area contributed by atoms with Crippen LogP contribution in [0.4, 0.5) is 5.95 Å². The number of rotatable bonds is 2. The van der Waals surface area contributed by atoms with Crippen LogP contribution in [0.5, 0.6) is 5.75 Å². The summed E-state index contributed by atoms with van der Waals surface area (Å²) < 4.78 is 5.43. The molecule has 0 saturated carbocycles. The fraction of sp³-hybridized carbons (Fsp3) is 0.522. The number of hydrogen-bond acceptors (Lipinski definition) is 6. The minimum atomic E-state index is -0.134. The van der Waals surface area contributed by atoms with Crippen LogP contribution in [0.2, 0.25) is 0 Å². The Bertz CT molecular complexity index is 1070.